The molecule has 21 heavy (non-hydrogen) atoms. The lowest BCUT2D eigenvalue weighted by Gasteiger charge is -2.09. The van der Waals surface area contributed by atoms with Crippen molar-refractivity contribution in [1.29, 1.82) is 0 Å². The van der Waals surface area contributed by atoms with Gasteiger partial charge in [0.1, 0.15) is 4.99 Å². The summed E-state index contributed by atoms with van der Waals surface area (Å²) in [7, 11) is 0. The minimum atomic E-state index is -0.210. The van der Waals surface area contributed by atoms with Gasteiger partial charge in [-0.1, -0.05) is 23.8 Å². The summed E-state index contributed by atoms with van der Waals surface area (Å²) in [6.07, 6.45) is 0. The van der Waals surface area contributed by atoms with Crippen molar-refractivity contribution in [2.45, 2.75) is 6.92 Å². The van der Waals surface area contributed by atoms with Gasteiger partial charge in [-0.2, -0.15) is 0 Å². The van der Waals surface area contributed by atoms with E-state index in [9.17, 15) is 4.79 Å². The molecular weight excluding hydrogens is 372 g/mol. The van der Waals surface area contributed by atoms with Gasteiger partial charge in [-0.25, -0.2) is 0 Å². The van der Waals surface area contributed by atoms with Crippen molar-refractivity contribution >= 4 is 56.3 Å². The number of aryl methyl sites for hydroxylation is 1. The van der Waals surface area contributed by atoms with Gasteiger partial charge < -0.3 is 11.1 Å². The number of hydrogen-bond acceptors (Lipinski definition) is 2. The Morgan fingerprint density at radius 3 is 2.48 bits per heavy atom. The second-order valence-corrected chi connectivity index (χ2v) is 6.18. The molecule has 6 heteroatoms. The molecule has 3 N–H and O–H groups in total. The van der Waals surface area contributed by atoms with E-state index in [0.29, 0.717) is 25.7 Å². The molecule has 0 unspecified atom stereocenters. The van der Waals surface area contributed by atoms with Crippen LogP contribution in [-0.2, 0) is 0 Å². The number of hydrogen-bond donors (Lipinski definition) is 2. The molecule has 1 amide bonds. The second kappa shape index (κ2) is 6.56. The number of rotatable bonds is 3. The highest BCUT2D eigenvalue weighted by atomic mass is 79.9. The first-order valence-electron chi connectivity index (χ1n) is 6.05. The third kappa shape index (κ3) is 3.81. The molecule has 0 saturated heterocycles. The van der Waals surface area contributed by atoms with Crippen molar-refractivity contribution in [2.75, 3.05) is 5.32 Å². The molecule has 0 aliphatic rings. The van der Waals surface area contributed by atoms with Crippen molar-refractivity contribution < 1.29 is 4.79 Å². The molecule has 108 valence electrons. The minimum absolute atomic E-state index is 0.210. The van der Waals surface area contributed by atoms with E-state index in [2.05, 4.69) is 21.2 Å². The maximum Gasteiger partial charge on any atom is 0.255 e. The standard InChI is InChI=1S/C15H12BrClN2OS/c1-8-6-10(2-4-12(8)17)15(20)19-13-5-3-9(14(18)21)7-11(13)16/h2-7H,1H3,(H2,18,21)(H,19,20). The van der Waals surface area contributed by atoms with Crippen molar-refractivity contribution in [3.8, 4) is 0 Å². The first-order chi connectivity index (χ1) is 9.88. The van der Waals surface area contributed by atoms with Crippen LogP contribution >= 0.6 is 39.7 Å². The van der Waals surface area contributed by atoms with Gasteiger partial charge in [-0.3, -0.25) is 4.79 Å². The number of amides is 1. The van der Waals surface area contributed by atoms with E-state index in [1.165, 1.54) is 0 Å². The SMILES string of the molecule is Cc1cc(C(=O)Nc2ccc(C(N)=S)cc2Br)ccc1Cl. The van der Waals surface area contributed by atoms with Crippen LogP contribution < -0.4 is 11.1 Å². The zero-order valence-corrected chi connectivity index (χ0v) is 14.3. The van der Waals surface area contributed by atoms with Gasteiger partial charge in [0, 0.05) is 20.6 Å². The third-order valence-corrected chi connectivity index (χ3v) is 4.24. The Kier molecular flexibility index (Phi) is 4.98. The lowest BCUT2D eigenvalue weighted by atomic mass is 10.1. The van der Waals surface area contributed by atoms with Gasteiger partial charge in [0.15, 0.2) is 0 Å². The predicted molar refractivity (Wildman–Crippen MR) is 94.2 cm³/mol. The van der Waals surface area contributed by atoms with Crippen LogP contribution in [0.2, 0.25) is 5.02 Å². The fourth-order valence-corrected chi connectivity index (χ4v) is 2.47. The van der Waals surface area contributed by atoms with Crippen molar-refractivity contribution in [3.05, 3.63) is 62.6 Å². The molecule has 0 radical (unpaired) electrons. The second-order valence-electron chi connectivity index (χ2n) is 4.48. The zero-order chi connectivity index (χ0) is 15.6. The van der Waals surface area contributed by atoms with E-state index < -0.39 is 0 Å². The number of nitrogens with one attached hydrogen (secondary N) is 1. The number of carbonyl (C=O) groups is 1. The average molecular weight is 384 g/mol. The predicted octanol–water partition coefficient (Wildman–Crippen LogP) is 4.30. The van der Waals surface area contributed by atoms with Crippen LogP contribution in [0.4, 0.5) is 5.69 Å². The molecule has 0 fully saturated rings. The van der Waals surface area contributed by atoms with E-state index in [-0.39, 0.29) is 5.91 Å². The van der Waals surface area contributed by atoms with E-state index in [1.54, 1.807) is 36.4 Å². The minimum Gasteiger partial charge on any atom is -0.389 e. The molecule has 2 aromatic carbocycles. The molecule has 0 aliphatic heterocycles. The lowest BCUT2D eigenvalue weighted by molar-refractivity contribution is 0.102. The van der Waals surface area contributed by atoms with Gasteiger partial charge in [0.05, 0.1) is 5.69 Å². The molecule has 0 aromatic heterocycles. The fraction of sp³-hybridized carbons (Fsp3) is 0.0667. The van der Waals surface area contributed by atoms with E-state index in [4.69, 9.17) is 29.6 Å². The van der Waals surface area contributed by atoms with Crippen LogP contribution in [0.5, 0.6) is 0 Å². The highest BCUT2D eigenvalue weighted by Gasteiger charge is 2.10. The Morgan fingerprint density at radius 1 is 1.24 bits per heavy atom. The first-order valence-corrected chi connectivity index (χ1v) is 7.63. The molecule has 0 saturated carbocycles. The summed E-state index contributed by atoms with van der Waals surface area (Å²) >= 11 is 14.3. The molecule has 0 spiro atoms. The summed E-state index contributed by atoms with van der Waals surface area (Å²) in [4.78, 5) is 12.5. The van der Waals surface area contributed by atoms with Crippen molar-refractivity contribution in [3.63, 3.8) is 0 Å². The van der Waals surface area contributed by atoms with Crippen LogP contribution in [0.15, 0.2) is 40.9 Å². The van der Waals surface area contributed by atoms with Gasteiger partial charge in [0.2, 0.25) is 0 Å². The molecule has 0 aliphatic carbocycles. The Balaban J connectivity index is 2.23. The first kappa shape index (κ1) is 15.9. The van der Waals surface area contributed by atoms with Crippen molar-refractivity contribution in [1.82, 2.24) is 0 Å². The summed E-state index contributed by atoms with van der Waals surface area (Å²) in [5, 5.41) is 3.46. The molecule has 0 heterocycles. The Hall–Kier alpha value is -1.43. The molecule has 3 nitrogen and oxygen atoms in total. The van der Waals surface area contributed by atoms with Crippen LogP contribution in [0, 0.1) is 6.92 Å². The van der Waals surface area contributed by atoms with E-state index in [1.807, 2.05) is 6.92 Å². The zero-order valence-electron chi connectivity index (χ0n) is 11.1. The Morgan fingerprint density at radius 2 is 1.90 bits per heavy atom. The fourth-order valence-electron chi connectivity index (χ4n) is 1.75. The lowest BCUT2D eigenvalue weighted by Crippen LogP contribution is -2.13. The Labute approximate surface area is 141 Å². The average Bonchev–Trinajstić information content (AvgIpc) is 2.43. The highest BCUT2D eigenvalue weighted by Crippen LogP contribution is 2.25. The number of carbonyl (C=O) groups excluding carboxylic acids is 1. The molecule has 0 atom stereocenters. The summed E-state index contributed by atoms with van der Waals surface area (Å²) < 4.78 is 0.715. The number of benzene rings is 2. The smallest absolute Gasteiger partial charge is 0.255 e. The van der Waals surface area contributed by atoms with Gasteiger partial charge in [-0.05, 0) is 64.8 Å². The highest BCUT2D eigenvalue weighted by molar-refractivity contribution is 9.10. The van der Waals surface area contributed by atoms with Gasteiger partial charge >= 0.3 is 0 Å². The van der Waals surface area contributed by atoms with Crippen LogP contribution in [0.3, 0.4) is 0 Å². The number of halogens is 2. The maximum atomic E-state index is 12.2. The largest absolute Gasteiger partial charge is 0.389 e. The molecule has 2 aromatic rings. The van der Waals surface area contributed by atoms with Crippen LogP contribution in [-0.4, -0.2) is 10.9 Å². The quantitative estimate of drug-likeness (QED) is 0.777. The van der Waals surface area contributed by atoms with Gasteiger partial charge in [0.25, 0.3) is 5.91 Å². The Bertz CT molecular complexity index is 734. The van der Waals surface area contributed by atoms with Gasteiger partial charge in [-0.15, -0.1) is 0 Å². The molecule has 2 rings (SSSR count). The molecular formula is C15H12BrClN2OS. The summed E-state index contributed by atoms with van der Waals surface area (Å²) in [6.45, 7) is 1.85. The van der Waals surface area contributed by atoms with Crippen LogP contribution in [0.25, 0.3) is 0 Å². The number of nitrogens with two attached hydrogens (primary N) is 1. The number of thiocarbonyl (C=S) groups is 1. The van der Waals surface area contributed by atoms with E-state index >= 15 is 0 Å². The summed E-state index contributed by atoms with van der Waals surface area (Å²) in [5.74, 6) is -0.210. The normalized spacial score (nSPS) is 10.2. The maximum absolute atomic E-state index is 12.2. The van der Waals surface area contributed by atoms with Crippen LogP contribution in [0.1, 0.15) is 21.5 Å². The number of anilines is 1. The summed E-state index contributed by atoms with van der Waals surface area (Å²) in [6, 6.07) is 10.4. The topological polar surface area (TPSA) is 55.1 Å². The molecule has 0 bridgehead atoms. The third-order valence-electron chi connectivity index (χ3n) is 2.92. The van der Waals surface area contributed by atoms with E-state index in [0.717, 1.165) is 11.1 Å². The summed E-state index contributed by atoms with van der Waals surface area (Å²) in [5.41, 5.74) is 8.34. The van der Waals surface area contributed by atoms with Crippen molar-refractivity contribution in [2.24, 2.45) is 5.73 Å². The monoisotopic (exact) mass is 382 g/mol.